The lowest BCUT2D eigenvalue weighted by Crippen LogP contribution is -2.29. The third-order valence-electron chi connectivity index (χ3n) is 4.73. The maximum Gasteiger partial charge on any atom is 0.269 e. The molecule has 0 bridgehead atoms. The van der Waals surface area contributed by atoms with Crippen LogP contribution in [0.3, 0.4) is 0 Å². The summed E-state index contributed by atoms with van der Waals surface area (Å²) in [5.41, 5.74) is 2.16. The van der Waals surface area contributed by atoms with Crippen LogP contribution in [0.15, 0.2) is 59.6 Å². The lowest BCUT2D eigenvalue weighted by atomic mass is 9.84. The van der Waals surface area contributed by atoms with E-state index in [4.69, 9.17) is 4.99 Å². The van der Waals surface area contributed by atoms with Crippen LogP contribution in [0.4, 0.5) is 11.4 Å². The van der Waals surface area contributed by atoms with Crippen molar-refractivity contribution in [2.24, 2.45) is 10.9 Å². The van der Waals surface area contributed by atoms with Gasteiger partial charge in [-0.25, -0.2) is 0 Å². The number of para-hydroxylation sites is 1. The number of nitrogens with zero attached hydrogens (tertiary/aromatic N) is 2. The van der Waals surface area contributed by atoms with Crippen LogP contribution in [0, 0.1) is 16.0 Å². The first-order chi connectivity index (χ1) is 12.2. The quantitative estimate of drug-likeness (QED) is 0.472. The van der Waals surface area contributed by atoms with Gasteiger partial charge >= 0.3 is 0 Å². The van der Waals surface area contributed by atoms with Gasteiger partial charge in [-0.2, -0.15) is 0 Å². The molecule has 0 amide bonds. The number of benzene rings is 2. The van der Waals surface area contributed by atoms with Crippen LogP contribution in [0.1, 0.15) is 31.2 Å². The molecule has 5 heteroatoms. The zero-order valence-electron chi connectivity index (χ0n) is 14.2. The van der Waals surface area contributed by atoms with Crippen molar-refractivity contribution in [2.45, 2.75) is 31.7 Å². The first-order valence-electron chi connectivity index (χ1n) is 8.79. The Kier molecular flexibility index (Phi) is 5.77. The van der Waals surface area contributed by atoms with E-state index < -0.39 is 0 Å². The monoisotopic (exact) mass is 337 g/mol. The minimum absolute atomic E-state index is 0.111. The van der Waals surface area contributed by atoms with E-state index in [1.807, 2.05) is 24.4 Å². The Bertz CT molecular complexity index is 713. The lowest BCUT2D eigenvalue weighted by molar-refractivity contribution is -0.384. The summed E-state index contributed by atoms with van der Waals surface area (Å²) in [6.45, 7) is 0.923. The number of nitrogens with one attached hydrogen (secondary N) is 1. The Labute approximate surface area is 148 Å². The van der Waals surface area contributed by atoms with E-state index in [9.17, 15) is 10.1 Å². The van der Waals surface area contributed by atoms with Gasteiger partial charge in [0.15, 0.2) is 0 Å². The van der Waals surface area contributed by atoms with Crippen LogP contribution < -0.4 is 5.32 Å². The van der Waals surface area contributed by atoms with Crippen molar-refractivity contribution in [1.82, 2.24) is 0 Å². The number of nitro benzene ring substituents is 1. The van der Waals surface area contributed by atoms with Gasteiger partial charge < -0.3 is 5.32 Å². The van der Waals surface area contributed by atoms with E-state index in [2.05, 4.69) is 17.4 Å². The van der Waals surface area contributed by atoms with Gasteiger partial charge in [0.2, 0.25) is 0 Å². The van der Waals surface area contributed by atoms with E-state index in [1.165, 1.54) is 31.4 Å². The molecule has 5 nitrogen and oxygen atoms in total. The average molecular weight is 337 g/mol. The summed E-state index contributed by atoms with van der Waals surface area (Å²) in [6, 6.07) is 17.1. The molecule has 0 aromatic heterocycles. The first-order valence-corrected chi connectivity index (χ1v) is 8.79. The third-order valence-corrected chi connectivity index (χ3v) is 4.73. The Balaban J connectivity index is 1.61. The van der Waals surface area contributed by atoms with E-state index in [-0.39, 0.29) is 10.6 Å². The summed E-state index contributed by atoms with van der Waals surface area (Å²) < 4.78 is 0. The molecule has 0 heterocycles. The van der Waals surface area contributed by atoms with Gasteiger partial charge in [0, 0.05) is 30.6 Å². The van der Waals surface area contributed by atoms with Crippen LogP contribution in [-0.4, -0.2) is 23.7 Å². The van der Waals surface area contributed by atoms with Crippen molar-refractivity contribution in [3.8, 4) is 0 Å². The van der Waals surface area contributed by atoms with Crippen molar-refractivity contribution in [3.05, 3.63) is 70.3 Å². The zero-order valence-corrected chi connectivity index (χ0v) is 14.2. The molecule has 3 rings (SSSR count). The highest BCUT2D eigenvalue weighted by atomic mass is 16.6. The molecule has 25 heavy (non-hydrogen) atoms. The second-order valence-corrected chi connectivity index (χ2v) is 6.49. The number of nitro groups is 1. The van der Waals surface area contributed by atoms with E-state index in [0.717, 1.165) is 24.2 Å². The molecule has 0 radical (unpaired) electrons. The highest BCUT2D eigenvalue weighted by molar-refractivity contribution is 5.80. The molecular weight excluding hydrogens is 314 g/mol. The molecule has 1 aliphatic carbocycles. The third kappa shape index (κ3) is 4.89. The molecule has 2 aromatic carbocycles. The van der Waals surface area contributed by atoms with Crippen molar-refractivity contribution < 1.29 is 4.92 Å². The minimum Gasteiger partial charge on any atom is -0.385 e. The molecule has 0 spiro atoms. The highest BCUT2D eigenvalue weighted by Gasteiger charge is 2.23. The lowest BCUT2D eigenvalue weighted by Gasteiger charge is -2.29. The molecule has 0 aliphatic heterocycles. The van der Waals surface area contributed by atoms with Gasteiger partial charge in [-0.1, -0.05) is 31.0 Å². The molecule has 1 aliphatic rings. The maximum atomic E-state index is 10.7. The standard InChI is InChI=1S/C20H23N3O2/c24-23(25)19-12-10-16(11-13-19)14-22-20-9-5-4-6-17(20)15-21-18-7-2-1-3-8-18/h1-3,7-8,10-14,17,20-21H,4-6,9,15H2/t17-,20+/m1/s1. The van der Waals surface area contributed by atoms with Crippen molar-refractivity contribution in [2.75, 3.05) is 11.9 Å². The first kappa shape index (κ1) is 17.1. The fourth-order valence-corrected chi connectivity index (χ4v) is 3.29. The Hall–Kier alpha value is -2.69. The average Bonchev–Trinajstić information content (AvgIpc) is 2.66. The van der Waals surface area contributed by atoms with Crippen LogP contribution >= 0.6 is 0 Å². The van der Waals surface area contributed by atoms with Crippen LogP contribution in [0.5, 0.6) is 0 Å². The predicted octanol–water partition coefficient (Wildman–Crippen LogP) is 4.68. The fourth-order valence-electron chi connectivity index (χ4n) is 3.29. The molecule has 130 valence electrons. The van der Waals surface area contributed by atoms with Crippen LogP contribution in [0.2, 0.25) is 0 Å². The topological polar surface area (TPSA) is 67.5 Å². The summed E-state index contributed by atoms with van der Waals surface area (Å²) >= 11 is 0. The van der Waals surface area contributed by atoms with E-state index in [0.29, 0.717) is 12.0 Å². The maximum absolute atomic E-state index is 10.7. The van der Waals surface area contributed by atoms with Gasteiger partial charge in [0.25, 0.3) is 5.69 Å². The Morgan fingerprint density at radius 2 is 1.80 bits per heavy atom. The Morgan fingerprint density at radius 1 is 1.08 bits per heavy atom. The van der Waals surface area contributed by atoms with Gasteiger partial charge in [-0.05, 0) is 48.6 Å². The fraction of sp³-hybridized carbons (Fsp3) is 0.350. The normalized spacial score (nSPS) is 20.5. The van der Waals surface area contributed by atoms with E-state index in [1.54, 1.807) is 12.1 Å². The Morgan fingerprint density at radius 3 is 2.52 bits per heavy atom. The van der Waals surface area contributed by atoms with Crippen molar-refractivity contribution in [3.63, 3.8) is 0 Å². The summed E-state index contributed by atoms with van der Waals surface area (Å²) in [4.78, 5) is 15.1. The molecule has 2 aromatic rings. The SMILES string of the molecule is O=[N+]([O-])c1ccc(C=N[C@H]2CCCC[C@@H]2CNc2ccccc2)cc1. The summed E-state index contributed by atoms with van der Waals surface area (Å²) in [5, 5.41) is 14.2. The summed E-state index contributed by atoms with van der Waals surface area (Å²) in [6.07, 6.45) is 6.61. The van der Waals surface area contributed by atoms with Gasteiger partial charge in [-0.15, -0.1) is 0 Å². The number of hydrogen-bond acceptors (Lipinski definition) is 4. The number of anilines is 1. The molecule has 0 saturated heterocycles. The molecule has 1 saturated carbocycles. The minimum atomic E-state index is -0.382. The molecule has 1 N–H and O–H groups in total. The second-order valence-electron chi connectivity index (χ2n) is 6.49. The number of non-ortho nitro benzene ring substituents is 1. The molecule has 1 fully saturated rings. The smallest absolute Gasteiger partial charge is 0.269 e. The summed E-state index contributed by atoms with van der Waals surface area (Å²) in [5.74, 6) is 0.517. The van der Waals surface area contributed by atoms with Gasteiger partial charge in [0.1, 0.15) is 0 Å². The predicted molar refractivity (Wildman–Crippen MR) is 101 cm³/mol. The van der Waals surface area contributed by atoms with Gasteiger partial charge in [0.05, 0.1) is 11.0 Å². The highest BCUT2D eigenvalue weighted by Crippen LogP contribution is 2.27. The van der Waals surface area contributed by atoms with Crippen molar-refractivity contribution >= 4 is 17.6 Å². The largest absolute Gasteiger partial charge is 0.385 e. The number of aliphatic imine (C=N–C) groups is 1. The molecular formula is C20H23N3O2. The number of hydrogen-bond donors (Lipinski definition) is 1. The number of rotatable bonds is 6. The molecule has 0 unspecified atom stereocenters. The van der Waals surface area contributed by atoms with E-state index >= 15 is 0 Å². The van der Waals surface area contributed by atoms with Crippen LogP contribution in [0.25, 0.3) is 0 Å². The second kappa shape index (κ2) is 8.42. The zero-order chi connectivity index (χ0) is 17.5. The summed E-state index contributed by atoms with van der Waals surface area (Å²) in [7, 11) is 0. The van der Waals surface area contributed by atoms with Crippen LogP contribution in [-0.2, 0) is 0 Å². The molecule has 2 atom stereocenters. The van der Waals surface area contributed by atoms with Crippen molar-refractivity contribution in [1.29, 1.82) is 0 Å². The van der Waals surface area contributed by atoms with Gasteiger partial charge in [-0.3, -0.25) is 15.1 Å².